The van der Waals surface area contributed by atoms with Crippen molar-refractivity contribution in [3.63, 3.8) is 0 Å². The molecule has 0 spiro atoms. The van der Waals surface area contributed by atoms with Crippen molar-refractivity contribution in [2.24, 2.45) is 0 Å². The zero-order valence-electron chi connectivity index (χ0n) is 9.71. The second-order valence-electron chi connectivity index (χ2n) is 3.98. The summed E-state index contributed by atoms with van der Waals surface area (Å²) in [5.41, 5.74) is 6.02. The van der Waals surface area contributed by atoms with Crippen molar-refractivity contribution in [2.45, 2.75) is 26.0 Å². The Morgan fingerprint density at radius 3 is 2.53 bits per heavy atom. The van der Waals surface area contributed by atoms with E-state index in [0.717, 1.165) is 0 Å². The maximum atomic E-state index is 13.3. The molecule has 0 saturated heterocycles. The lowest BCUT2D eigenvalue weighted by Crippen LogP contribution is -2.28. The molecule has 0 amide bonds. The fraction of sp³-hybridized carbons (Fsp3) is 0.455. The number of hydrogen-bond acceptors (Lipinski definition) is 3. The van der Waals surface area contributed by atoms with Crippen molar-refractivity contribution >= 4 is 34.0 Å². The van der Waals surface area contributed by atoms with Crippen molar-refractivity contribution < 1.29 is 9.50 Å². The Morgan fingerprint density at radius 1 is 1.47 bits per heavy atom. The largest absolute Gasteiger partial charge is 0.395 e. The topological polar surface area (TPSA) is 58.3 Å². The molecule has 0 saturated carbocycles. The number of halogens is 3. The van der Waals surface area contributed by atoms with Gasteiger partial charge in [-0.2, -0.15) is 0 Å². The minimum Gasteiger partial charge on any atom is -0.395 e. The molecule has 3 nitrogen and oxygen atoms in total. The van der Waals surface area contributed by atoms with E-state index in [1.54, 1.807) is 6.07 Å². The zero-order valence-corrected chi connectivity index (χ0v) is 12.1. The van der Waals surface area contributed by atoms with Gasteiger partial charge in [-0.25, -0.2) is 4.39 Å². The molecular formula is C11H17BrClFN2O. The molecule has 0 radical (unpaired) electrons. The van der Waals surface area contributed by atoms with Crippen molar-refractivity contribution in [1.29, 1.82) is 0 Å². The van der Waals surface area contributed by atoms with Crippen LogP contribution in [0.4, 0.5) is 10.1 Å². The van der Waals surface area contributed by atoms with Crippen LogP contribution in [0.2, 0.25) is 0 Å². The summed E-state index contributed by atoms with van der Waals surface area (Å²) >= 11 is 3.15. The van der Waals surface area contributed by atoms with Gasteiger partial charge >= 0.3 is 0 Å². The van der Waals surface area contributed by atoms with Gasteiger partial charge in [-0.05, 0) is 33.6 Å². The molecule has 98 valence electrons. The van der Waals surface area contributed by atoms with Gasteiger partial charge in [0.15, 0.2) is 0 Å². The smallest absolute Gasteiger partial charge is 0.147 e. The number of rotatable bonds is 4. The van der Waals surface area contributed by atoms with Crippen LogP contribution in [0.1, 0.15) is 25.5 Å². The molecule has 6 heteroatoms. The first-order valence-electron chi connectivity index (χ1n) is 5.07. The van der Waals surface area contributed by atoms with Gasteiger partial charge in [-0.3, -0.25) is 0 Å². The summed E-state index contributed by atoms with van der Waals surface area (Å²) in [4.78, 5) is 0. The van der Waals surface area contributed by atoms with E-state index >= 15 is 0 Å². The third-order valence-corrected chi connectivity index (χ3v) is 2.86. The van der Waals surface area contributed by atoms with Crippen molar-refractivity contribution in [3.8, 4) is 0 Å². The first-order valence-corrected chi connectivity index (χ1v) is 5.87. The van der Waals surface area contributed by atoms with Crippen LogP contribution in [0.15, 0.2) is 16.6 Å². The number of aliphatic hydroxyl groups excluding tert-OH is 1. The van der Waals surface area contributed by atoms with Gasteiger partial charge in [0.1, 0.15) is 5.82 Å². The van der Waals surface area contributed by atoms with Gasteiger partial charge in [0.2, 0.25) is 0 Å². The van der Waals surface area contributed by atoms with Crippen molar-refractivity contribution in [3.05, 3.63) is 28.0 Å². The number of hydrogen-bond donors (Lipinski definition) is 3. The first-order chi connectivity index (χ1) is 7.41. The van der Waals surface area contributed by atoms with E-state index in [1.165, 1.54) is 6.07 Å². The Kier molecular flexibility index (Phi) is 7.01. The highest BCUT2D eigenvalue weighted by atomic mass is 79.9. The third-order valence-electron chi connectivity index (χ3n) is 2.21. The van der Waals surface area contributed by atoms with Crippen molar-refractivity contribution in [1.82, 2.24) is 5.32 Å². The molecule has 1 unspecified atom stereocenters. The predicted molar refractivity (Wildman–Crippen MR) is 73.9 cm³/mol. The molecule has 1 atom stereocenters. The first kappa shape index (κ1) is 16.6. The van der Waals surface area contributed by atoms with Crippen LogP contribution in [0.5, 0.6) is 0 Å². The molecule has 4 N–H and O–H groups in total. The quantitative estimate of drug-likeness (QED) is 0.745. The lowest BCUT2D eigenvalue weighted by Gasteiger charge is -2.15. The minimum atomic E-state index is -0.742. The molecule has 1 rings (SSSR count). The van der Waals surface area contributed by atoms with Gasteiger partial charge < -0.3 is 16.2 Å². The van der Waals surface area contributed by atoms with Crippen LogP contribution in [-0.4, -0.2) is 17.7 Å². The summed E-state index contributed by atoms with van der Waals surface area (Å²) in [5.74, 6) is -0.520. The van der Waals surface area contributed by atoms with Crippen LogP contribution >= 0.6 is 28.3 Å². The minimum absolute atomic E-state index is 0. The Morgan fingerprint density at radius 2 is 2.06 bits per heavy atom. The van der Waals surface area contributed by atoms with E-state index in [9.17, 15) is 9.50 Å². The molecule has 0 bridgehead atoms. The Hall–Kier alpha value is -0.360. The zero-order chi connectivity index (χ0) is 12.3. The van der Waals surface area contributed by atoms with Gasteiger partial charge in [0.05, 0.1) is 11.8 Å². The number of nitrogens with two attached hydrogens (primary N) is 1. The molecule has 0 heterocycles. The van der Waals surface area contributed by atoms with Crippen molar-refractivity contribution in [2.75, 3.05) is 12.3 Å². The molecule has 1 aromatic carbocycles. The summed E-state index contributed by atoms with van der Waals surface area (Å²) in [5, 5.41) is 12.9. The third kappa shape index (κ3) is 4.79. The summed E-state index contributed by atoms with van der Waals surface area (Å²) < 4.78 is 13.8. The molecule has 0 aromatic heterocycles. The van der Waals surface area contributed by atoms with E-state index in [0.29, 0.717) is 16.6 Å². The molecule has 0 aliphatic rings. The van der Waals surface area contributed by atoms with Crippen LogP contribution in [0, 0.1) is 5.82 Å². The van der Waals surface area contributed by atoms with Crippen LogP contribution in [0.3, 0.4) is 0 Å². The number of benzene rings is 1. The summed E-state index contributed by atoms with van der Waals surface area (Å²) in [7, 11) is 0. The average Bonchev–Trinajstić information content (AvgIpc) is 2.21. The fourth-order valence-corrected chi connectivity index (χ4v) is 1.72. The normalized spacial score (nSPS) is 12.4. The monoisotopic (exact) mass is 326 g/mol. The predicted octanol–water partition coefficient (Wildman–Crippen LogP) is 2.62. The van der Waals surface area contributed by atoms with Crippen LogP contribution in [0.25, 0.3) is 0 Å². The number of anilines is 1. The molecule has 0 aliphatic carbocycles. The maximum Gasteiger partial charge on any atom is 0.147 e. The van der Waals surface area contributed by atoms with E-state index < -0.39 is 11.9 Å². The van der Waals surface area contributed by atoms with Gasteiger partial charge in [-0.15, -0.1) is 12.4 Å². The molecule has 17 heavy (non-hydrogen) atoms. The number of nitrogens with one attached hydrogen (secondary N) is 1. The standard InChI is InChI=1S/C11H16BrFN2O.ClH/c1-6(2)15-5-10(16)7-3-8(12)11(14)9(13)4-7;/h3-4,6,10,15-16H,5,14H2,1-2H3;1H. The van der Waals surface area contributed by atoms with E-state index in [1.807, 2.05) is 13.8 Å². The van der Waals surface area contributed by atoms with Gasteiger partial charge in [0, 0.05) is 17.1 Å². The molecule has 0 fully saturated rings. The molecule has 1 aromatic rings. The summed E-state index contributed by atoms with van der Waals surface area (Å²) in [6, 6.07) is 3.16. The highest BCUT2D eigenvalue weighted by Gasteiger charge is 2.12. The molecule has 0 aliphatic heterocycles. The summed E-state index contributed by atoms with van der Waals surface area (Å²) in [6.07, 6.45) is -0.742. The van der Waals surface area contributed by atoms with E-state index in [4.69, 9.17) is 5.73 Å². The fourth-order valence-electron chi connectivity index (χ4n) is 1.26. The van der Waals surface area contributed by atoms with Crippen LogP contribution in [-0.2, 0) is 0 Å². The van der Waals surface area contributed by atoms with E-state index in [2.05, 4.69) is 21.2 Å². The lowest BCUT2D eigenvalue weighted by molar-refractivity contribution is 0.171. The Balaban J connectivity index is 0.00000256. The Labute approximate surface area is 115 Å². The highest BCUT2D eigenvalue weighted by Crippen LogP contribution is 2.27. The second-order valence-corrected chi connectivity index (χ2v) is 4.83. The average molecular weight is 328 g/mol. The van der Waals surface area contributed by atoms with Gasteiger partial charge in [0.25, 0.3) is 0 Å². The lowest BCUT2D eigenvalue weighted by atomic mass is 10.1. The summed E-state index contributed by atoms with van der Waals surface area (Å²) in [6.45, 7) is 4.34. The van der Waals surface area contributed by atoms with Crippen LogP contribution < -0.4 is 11.1 Å². The SMILES string of the molecule is CC(C)NCC(O)c1cc(F)c(N)c(Br)c1.Cl. The number of nitrogen functional groups attached to an aromatic ring is 1. The maximum absolute atomic E-state index is 13.3. The van der Waals surface area contributed by atoms with E-state index in [-0.39, 0.29) is 24.1 Å². The van der Waals surface area contributed by atoms with Gasteiger partial charge in [-0.1, -0.05) is 13.8 Å². The second kappa shape index (κ2) is 7.16. The molecular weight excluding hydrogens is 310 g/mol. The Bertz CT molecular complexity index is 353. The highest BCUT2D eigenvalue weighted by molar-refractivity contribution is 9.10. The number of aliphatic hydroxyl groups is 1.